The fourth-order valence-corrected chi connectivity index (χ4v) is 5.95. The number of rotatable bonds is 9. The van der Waals surface area contributed by atoms with Gasteiger partial charge in [0.25, 0.3) is 0 Å². The van der Waals surface area contributed by atoms with Crippen molar-refractivity contribution < 1.29 is 17.6 Å². The minimum atomic E-state index is -3.62. The molecule has 0 saturated carbocycles. The second-order valence-corrected chi connectivity index (χ2v) is 10.8. The maximum absolute atomic E-state index is 13.1. The van der Waals surface area contributed by atoms with Gasteiger partial charge in [-0.15, -0.1) is 0 Å². The van der Waals surface area contributed by atoms with E-state index in [1.54, 1.807) is 28.8 Å². The Morgan fingerprint density at radius 2 is 1.90 bits per heavy atom. The van der Waals surface area contributed by atoms with E-state index in [-0.39, 0.29) is 23.3 Å². The third kappa shape index (κ3) is 5.83. The van der Waals surface area contributed by atoms with Crippen molar-refractivity contribution in [1.82, 2.24) is 14.5 Å². The number of carbonyl (C=O) groups is 1. The van der Waals surface area contributed by atoms with Gasteiger partial charge < -0.3 is 9.73 Å². The summed E-state index contributed by atoms with van der Waals surface area (Å²) >= 11 is 0. The Labute approximate surface area is 185 Å². The number of ketones is 1. The molecule has 170 valence electrons. The van der Waals surface area contributed by atoms with E-state index in [1.807, 2.05) is 31.1 Å². The number of sulfonamides is 1. The number of hydrogen-bond donors (Lipinski definition) is 1. The standard InChI is InChI=1S/C23H33N3O4S/c1-17-11-18(2)16-26(15-17)31(28,29)20-8-5-7-19(12-20)22(27)14-24-13-21(25(3)4)23-9-6-10-30-23/h5-10,12,17-18,21,24H,11,13-16H2,1-4H3. The van der Waals surface area contributed by atoms with Crippen LogP contribution in [0.2, 0.25) is 0 Å². The maximum atomic E-state index is 13.1. The molecule has 31 heavy (non-hydrogen) atoms. The van der Waals surface area contributed by atoms with Crippen molar-refractivity contribution in [2.75, 3.05) is 40.3 Å². The average molecular weight is 448 g/mol. The average Bonchev–Trinajstić information content (AvgIpc) is 3.24. The topological polar surface area (TPSA) is 82.9 Å². The molecule has 3 atom stereocenters. The predicted molar refractivity (Wildman–Crippen MR) is 120 cm³/mol. The second kappa shape index (κ2) is 10.1. The summed E-state index contributed by atoms with van der Waals surface area (Å²) in [5.74, 6) is 1.33. The Morgan fingerprint density at radius 3 is 2.52 bits per heavy atom. The Balaban J connectivity index is 1.66. The zero-order valence-electron chi connectivity index (χ0n) is 18.7. The Morgan fingerprint density at radius 1 is 1.19 bits per heavy atom. The Hall–Kier alpha value is -2.00. The quantitative estimate of drug-likeness (QED) is 0.595. The van der Waals surface area contributed by atoms with Crippen LogP contribution in [0.4, 0.5) is 0 Å². The van der Waals surface area contributed by atoms with E-state index >= 15 is 0 Å². The van der Waals surface area contributed by atoms with Crippen LogP contribution in [0.1, 0.15) is 42.4 Å². The molecule has 8 heteroatoms. The number of likely N-dealkylation sites (N-methyl/N-ethyl adjacent to an activating group) is 1. The summed E-state index contributed by atoms with van der Waals surface area (Å²) in [5, 5.41) is 3.18. The smallest absolute Gasteiger partial charge is 0.243 e. The summed E-state index contributed by atoms with van der Waals surface area (Å²) in [6.45, 7) is 5.84. The van der Waals surface area contributed by atoms with Gasteiger partial charge >= 0.3 is 0 Å². The fraction of sp³-hybridized carbons (Fsp3) is 0.522. The summed E-state index contributed by atoms with van der Waals surface area (Å²) in [5.41, 5.74) is 0.395. The number of piperidine rings is 1. The lowest BCUT2D eigenvalue weighted by Gasteiger charge is -2.34. The van der Waals surface area contributed by atoms with Crippen LogP contribution in [0.25, 0.3) is 0 Å². The van der Waals surface area contributed by atoms with E-state index in [4.69, 9.17) is 4.42 Å². The van der Waals surface area contributed by atoms with Gasteiger partial charge in [0.15, 0.2) is 5.78 Å². The number of carbonyl (C=O) groups excluding carboxylic acids is 1. The van der Waals surface area contributed by atoms with E-state index in [2.05, 4.69) is 19.2 Å². The zero-order valence-corrected chi connectivity index (χ0v) is 19.6. The molecule has 0 amide bonds. The van der Waals surface area contributed by atoms with Crippen molar-refractivity contribution in [3.63, 3.8) is 0 Å². The van der Waals surface area contributed by atoms with Crippen molar-refractivity contribution in [1.29, 1.82) is 0 Å². The number of nitrogens with one attached hydrogen (secondary N) is 1. The molecule has 0 bridgehead atoms. The normalized spacial score (nSPS) is 21.3. The van der Waals surface area contributed by atoms with Crippen LogP contribution in [0.15, 0.2) is 52.0 Å². The monoisotopic (exact) mass is 447 g/mol. The molecule has 1 aliphatic heterocycles. The van der Waals surface area contributed by atoms with Gasteiger partial charge in [-0.25, -0.2) is 8.42 Å². The predicted octanol–water partition coefficient (Wildman–Crippen LogP) is 3.02. The molecule has 3 rings (SSSR count). The number of Topliss-reactive ketones (excluding diaryl/α,β-unsaturated/α-hetero) is 1. The summed E-state index contributed by atoms with van der Waals surface area (Å²) in [6, 6.07) is 10.1. The van der Waals surface area contributed by atoms with Crippen LogP contribution in [0.3, 0.4) is 0 Å². The summed E-state index contributed by atoms with van der Waals surface area (Å²) in [4.78, 5) is 14.9. The molecular formula is C23H33N3O4S. The van der Waals surface area contributed by atoms with Crippen molar-refractivity contribution in [2.45, 2.75) is 31.2 Å². The molecule has 0 radical (unpaired) electrons. The summed E-state index contributed by atoms with van der Waals surface area (Å²) in [6.07, 6.45) is 2.66. The first kappa shape index (κ1) is 23.7. The minimum Gasteiger partial charge on any atom is -0.468 e. The van der Waals surface area contributed by atoms with E-state index in [1.165, 1.54) is 6.07 Å². The minimum absolute atomic E-state index is 0.00223. The van der Waals surface area contributed by atoms with Gasteiger partial charge in [-0.2, -0.15) is 4.31 Å². The van der Waals surface area contributed by atoms with Crippen molar-refractivity contribution in [2.24, 2.45) is 11.8 Å². The molecule has 3 unspecified atom stereocenters. The van der Waals surface area contributed by atoms with Gasteiger partial charge in [-0.1, -0.05) is 26.0 Å². The molecule has 0 spiro atoms. The van der Waals surface area contributed by atoms with Gasteiger partial charge in [0.2, 0.25) is 10.0 Å². The van der Waals surface area contributed by atoms with Gasteiger partial charge in [0.05, 0.1) is 23.7 Å². The highest BCUT2D eigenvalue weighted by Gasteiger charge is 2.32. The van der Waals surface area contributed by atoms with Crippen LogP contribution in [0, 0.1) is 11.8 Å². The molecule has 1 aromatic heterocycles. The summed E-state index contributed by atoms with van der Waals surface area (Å²) < 4.78 is 33.3. The largest absolute Gasteiger partial charge is 0.468 e. The van der Waals surface area contributed by atoms with Crippen molar-refractivity contribution in [3.8, 4) is 0 Å². The first-order valence-electron chi connectivity index (χ1n) is 10.7. The van der Waals surface area contributed by atoms with Crippen LogP contribution >= 0.6 is 0 Å². The maximum Gasteiger partial charge on any atom is 0.243 e. The molecule has 1 saturated heterocycles. The molecule has 1 N–H and O–H groups in total. The summed E-state index contributed by atoms with van der Waals surface area (Å²) in [7, 11) is 0.286. The van der Waals surface area contributed by atoms with E-state index in [9.17, 15) is 13.2 Å². The van der Waals surface area contributed by atoms with Crippen LogP contribution in [0.5, 0.6) is 0 Å². The third-order valence-electron chi connectivity index (χ3n) is 5.75. The van der Waals surface area contributed by atoms with E-state index < -0.39 is 10.0 Å². The first-order chi connectivity index (χ1) is 14.7. The molecule has 7 nitrogen and oxygen atoms in total. The molecule has 2 heterocycles. The van der Waals surface area contributed by atoms with Gasteiger partial charge in [0, 0.05) is 25.2 Å². The van der Waals surface area contributed by atoms with Crippen LogP contribution in [-0.2, 0) is 10.0 Å². The number of nitrogens with zero attached hydrogens (tertiary/aromatic N) is 2. The number of hydrogen-bond acceptors (Lipinski definition) is 6. The number of furan rings is 1. The number of benzene rings is 1. The van der Waals surface area contributed by atoms with Crippen LogP contribution in [-0.4, -0.2) is 63.7 Å². The molecular weight excluding hydrogens is 414 g/mol. The fourth-order valence-electron chi connectivity index (χ4n) is 4.22. The zero-order chi connectivity index (χ0) is 22.6. The van der Waals surface area contributed by atoms with Crippen LogP contribution < -0.4 is 5.32 Å². The highest BCUT2D eigenvalue weighted by molar-refractivity contribution is 7.89. The lowest BCUT2D eigenvalue weighted by Crippen LogP contribution is -2.42. The molecule has 1 aromatic carbocycles. The SMILES string of the molecule is CC1CC(C)CN(S(=O)(=O)c2cccc(C(=O)CNCC(c3ccco3)N(C)C)c2)C1. The molecule has 1 aliphatic rings. The van der Waals surface area contributed by atoms with Gasteiger partial charge in [0.1, 0.15) is 5.76 Å². The van der Waals surface area contributed by atoms with Gasteiger partial charge in [-0.05, 0) is 56.6 Å². The first-order valence-corrected chi connectivity index (χ1v) is 12.2. The lowest BCUT2D eigenvalue weighted by molar-refractivity contribution is 0.0987. The Bertz CT molecular complexity index is 962. The highest BCUT2D eigenvalue weighted by atomic mass is 32.2. The third-order valence-corrected chi connectivity index (χ3v) is 7.57. The lowest BCUT2D eigenvalue weighted by atomic mass is 9.94. The van der Waals surface area contributed by atoms with E-state index in [0.717, 1.165) is 12.2 Å². The van der Waals surface area contributed by atoms with E-state index in [0.29, 0.717) is 37.0 Å². The highest BCUT2D eigenvalue weighted by Crippen LogP contribution is 2.27. The second-order valence-electron chi connectivity index (χ2n) is 8.84. The van der Waals surface area contributed by atoms with Crippen molar-refractivity contribution in [3.05, 3.63) is 54.0 Å². The van der Waals surface area contributed by atoms with Crippen molar-refractivity contribution >= 4 is 15.8 Å². The Kier molecular flexibility index (Phi) is 7.69. The molecule has 2 aromatic rings. The van der Waals surface area contributed by atoms with Gasteiger partial charge in [-0.3, -0.25) is 9.69 Å². The molecule has 1 fully saturated rings. The molecule has 0 aliphatic carbocycles.